The lowest BCUT2D eigenvalue weighted by molar-refractivity contribution is 0.413. The number of rotatable bonds is 4. The number of nitriles is 1. The highest BCUT2D eigenvalue weighted by Crippen LogP contribution is 2.26. The molecule has 0 fully saturated rings. The van der Waals surface area contributed by atoms with Crippen LogP contribution in [0.25, 0.3) is 11.1 Å². The van der Waals surface area contributed by atoms with E-state index < -0.39 is 0 Å². The van der Waals surface area contributed by atoms with E-state index in [1.807, 2.05) is 6.07 Å². The summed E-state index contributed by atoms with van der Waals surface area (Å²) in [4.78, 5) is 8.52. The van der Waals surface area contributed by atoms with Crippen molar-refractivity contribution in [3.05, 3.63) is 48.5 Å². The van der Waals surface area contributed by atoms with Crippen molar-refractivity contribution in [1.29, 1.82) is 5.26 Å². The standard InChI is InChI=1S/C15H12N6O/c1-22-14-4-10(2-3-11(14)5-16)12-6-17-15(18-7-12)21-13-8-19-20-9-13/h2-4,6-9H,1H3,(H,19,20)(H,17,18,21). The van der Waals surface area contributed by atoms with Crippen LogP contribution in [0, 0.1) is 11.3 Å². The van der Waals surface area contributed by atoms with E-state index in [1.54, 1.807) is 36.9 Å². The highest BCUT2D eigenvalue weighted by molar-refractivity contribution is 5.66. The van der Waals surface area contributed by atoms with Crippen LogP contribution >= 0.6 is 0 Å². The Balaban J connectivity index is 1.85. The molecule has 0 unspecified atom stereocenters. The molecule has 22 heavy (non-hydrogen) atoms. The Morgan fingerprint density at radius 2 is 2.00 bits per heavy atom. The number of nitrogens with zero attached hydrogens (tertiary/aromatic N) is 4. The van der Waals surface area contributed by atoms with Crippen molar-refractivity contribution in [1.82, 2.24) is 20.2 Å². The maximum absolute atomic E-state index is 9.00. The third kappa shape index (κ3) is 2.71. The molecule has 7 nitrogen and oxygen atoms in total. The number of hydrogen-bond acceptors (Lipinski definition) is 6. The molecule has 0 saturated carbocycles. The second-order valence-corrected chi connectivity index (χ2v) is 4.43. The summed E-state index contributed by atoms with van der Waals surface area (Å²) in [6, 6.07) is 7.43. The van der Waals surface area contributed by atoms with Crippen LogP contribution in [0.3, 0.4) is 0 Å². The fourth-order valence-corrected chi connectivity index (χ4v) is 1.95. The van der Waals surface area contributed by atoms with E-state index in [-0.39, 0.29) is 0 Å². The van der Waals surface area contributed by atoms with Gasteiger partial charge in [0.15, 0.2) is 0 Å². The van der Waals surface area contributed by atoms with Gasteiger partial charge in [0, 0.05) is 24.2 Å². The summed E-state index contributed by atoms with van der Waals surface area (Å²) in [5.74, 6) is 1.01. The molecular weight excluding hydrogens is 280 g/mol. The normalized spacial score (nSPS) is 10.0. The quantitative estimate of drug-likeness (QED) is 0.766. The average molecular weight is 292 g/mol. The summed E-state index contributed by atoms with van der Waals surface area (Å²) in [5, 5.41) is 18.6. The van der Waals surface area contributed by atoms with Crippen molar-refractivity contribution >= 4 is 11.6 Å². The highest BCUT2D eigenvalue weighted by Gasteiger charge is 2.07. The molecule has 0 spiro atoms. The number of hydrogen-bond donors (Lipinski definition) is 2. The van der Waals surface area contributed by atoms with Crippen molar-refractivity contribution in [2.24, 2.45) is 0 Å². The first kappa shape index (κ1) is 13.6. The zero-order chi connectivity index (χ0) is 15.4. The average Bonchev–Trinajstić information content (AvgIpc) is 3.08. The molecule has 0 aliphatic heterocycles. The molecular formula is C15H12N6O. The minimum atomic E-state index is 0.478. The first-order chi connectivity index (χ1) is 10.8. The van der Waals surface area contributed by atoms with Crippen molar-refractivity contribution in [3.63, 3.8) is 0 Å². The summed E-state index contributed by atoms with van der Waals surface area (Å²) < 4.78 is 5.21. The first-order valence-corrected chi connectivity index (χ1v) is 6.46. The summed E-state index contributed by atoms with van der Waals surface area (Å²) in [6.45, 7) is 0. The van der Waals surface area contributed by atoms with Gasteiger partial charge in [-0.25, -0.2) is 9.97 Å². The van der Waals surface area contributed by atoms with E-state index in [9.17, 15) is 0 Å². The molecule has 3 aromatic rings. The van der Waals surface area contributed by atoms with Crippen LogP contribution in [-0.4, -0.2) is 27.3 Å². The van der Waals surface area contributed by atoms with Gasteiger partial charge in [0.2, 0.25) is 5.95 Å². The van der Waals surface area contributed by atoms with Crippen molar-refractivity contribution in [2.45, 2.75) is 0 Å². The fourth-order valence-electron chi connectivity index (χ4n) is 1.95. The Hall–Kier alpha value is -3.40. The largest absolute Gasteiger partial charge is 0.495 e. The predicted octanol–water partition coefficient (Wildman–Crippen LogP) is 2.49. The van der Waals surface area contributed by atoms with Gasteiger partial charge in [-0.3, -0.25) is 5.10 Å². The smallest absolute Gasteiger partial charge is 0.227 e. The molecule has 7 heteroatoms. The monoisotopic (exact) mass is 292 g/mol. The van der Waals surface area contributed by atoms with Gasteiger partial charge in [-0.05, 0) is 17.7 Å². The SMILES string of the molecule is COc1cc(-c2cnc(Nc3cn[nH]c3)nc2)ccc1C#N. The Morgan fingerprint density at radius 1 is 1.18 bits per heavy atom. The molecule has 0 aliphatic rings. The molecule has 2 heterocycles. The van der Waals surface area contributed by atoms with Crippen LogP contribution < -0.4 is 10.1 Å². The summed E-state index contributed by atoms with van der Waals surface area (Å²) >= 11 is 0. The van der Waals surface area contributed by atoms with Crippen LogP contribution in [0.2, 0.25) is 0 Å². The number of methoxy groups -OCH3 is 1. The predicted molar refractivity (Wildman–Crippen MR) is 80.6 cm³/mol. The van der Waals surface area contributed by atoms with Crippen molar-refractivity contribution in [3.8, 4) is 22.9 Å². The minimum absolute atomic E-state index is 0.478. The van der Waals surface area contributed by atoms with Gasteiger partial charge < -0.3 is 10.1 Å². The highest BCUT2D eigenvalue weighted by atomic mass is 16.5. The van der Waals surface area contributed by atoms with E-state index in [2.05, 4.69) is 31.6 Å². The van der Waals surface area contributed by atoms with Crippen LogP contribution in [0.1, 0.15) is 5.56 Å². The molecule has 0 aliphatic carbocycles. The van der Waals surface area contributed by atoms with E-state index in [0.717, 1.165) is 16.8 Å². The van der Waals surface area contributed by atoms with E-state index in [4.69, 9.17) is 10.00 Å². The maximum Gasteiger partial charge on any atom is 0.227 e. The van der Waals surface area contributed by atoms with Gasteiger partial charge in [-0.15, -0.1) is 0 Å². The molecule has 0 atom stereocenters. The van der Waals surface area contributed by atoms with Gasteiger partial charge in [-0.2, -0.15) is 10.4 Å². The van der Waals surface area contributed by atoms with Gasteiger partial charge in [0.05, 0.1) is 24.6 Å². The number of anilines is 2. The zero-order valence-electron chi connectivity index (χ0n) is 11.7. The molecule has 3 rings (SSSR count). The van der Waals surface area contributed by atoms with Gasteiger partial charge in [0.25, 0.3) is 0 Å². The lowest BCUT2D eigenvalue weighted by atomic mass is 10.1. The van der Waals surface area contributed by atoms with Gasteiger partial charge in [0.1, 0.15) is 11.8 Å². The maximum atomic E-state index is 9.00. The Bertz CT molecular complexity index is 805. The molecule has 0 bridgehead atoms. The second kappa shape index (κ2) is 5.93. The molecule has 2 N–H and O–H groups in total. The molecule has 108 valence electrons. The van der Waals surface area contributed by atoms with Gasteiger partial charge in [-0.1, -0.05) is 6.07 Å². The lowest BCUT2D eigenvalue weighted by Crippen LogP contribution is -1.96. The third-order valence-corrected chi connectivity index (χ3v) is 3.06. The summed E-state index contributed by atoms with van der Waals surface area (Å²) in [7, 11) is 1.54. The van der Waals surface area contributed by atoms with Crippen molar-refractivity contribution in [2.75, 3.05) is 12.4 Å². The Kier molecular flexibility index (Phi) is 3.66. The summed E-state index contributed by atoms with van der Waals surface area (Å²) in [6.07, 6.45) is 6.76. The number of ether oxygens (including phenoxy) is 1. The second-order valence-electron chi connectivity index (χ2n) is 4.43. The molecule has 2 aromatic heterocycles. The van der Waals surface area contributed by atoms with E-state index >= 15 is 0 Å². The van der Waals surface area contributed by atoms with Crippen molar-refractivity contribution < 1.29 is 4.74 Å². The molecule has 1 aromatic carbocycles. The Morgan fingerprint density at radius 3 is 2.64 bits per heavy atom. The van der Waals surface area contributed by atoms with E-state index in [1.165, 1.54) is 7.11 Å². The number of aromatic amines is 1. The Labute approximate surface area is 126 Å². The number of aromatic nitrogens is 4. The lowest BCUT2D eigenvalue weighted by Gasteiger charge is -2.07. The van der Waals surface area contributed by atoms with Crippen LogP contribution in [-0.2, 0) is 0 Å². The number of nitrogens with one attached hydrogen (secondary N) is 2. The van der Waals surface area contributed by atoms with Crippen LogP contribution in [0.15, 0.2) is 43.0 Å². The third-order valence-electron chi connectivity index (χ3n) is 3.06. The zero-order valence-corrected chi connectivity index (χ0v) is 11.7. The number of H-pyrrole nitrogens is 1. The van der Waals surface area contributed by atoms with Crippen LogP contribution in [0.4, 0.5) is 11.6 Å². The summed E-state index contributed by atoms with van der Waals surface area (Å²) in [5.41, 5.74) is 2.99. The minimum Gasteiger partial charge on any atom is -0.495 e. The van der Waals surface area contributed by atoms with Crippen LogP contribution in [0.5, 0.6) is 5.75 Å². The fraction of sp³-hybridized carbons (Fsp3) is 0.0667. The van der Waals surface area contributed by atoms with E-state index in [0.29, 0.717) is 17.3 Å². The first-order valence-electron chi connectivity index (χ1n) is 6.46. The molecule has 0 saturated heterocycles. The molecule has 0 amide bonds. The topological polar surface area (TPSA) is 99.5 Å². The number of benzene rings is 1. The van der Waals surface area contributed by atoms with Gasteiger partial charge >= 0.3 is 0 Å². The molecule has 0 radical (unpaired) electrons.